The summed E-state index contributed by atoms with van der Waals surface area (Å²) in [5, 5.41) is 13.4. The quantitative estimate of drug-likeness (QED) is 0.779. The molecule has 1 saturated heterocycles. The molecule has 2 N–H and O–H groups in total. The molecule has 114 valence electrons. The number of para-hydroxylation sites is 1. The molecule has 0 aromatic heterocycles. The van der Waals surface area contributed by atoms with Crippen molar-refractivity contribution in [3.8, 4) is 0 Å². The van der Waals surface area contributed by atoms with Crippen LogP contribution in [0.25, 0.3) is 0 Å². The van der Waals surface area contributed by atoms with Crippen molar-refractivity contribution in [1.29, 1.82) is 0 Å². The van der Waals surface area contributed by atoms with Gasteiger partial charge in [-0.3, -0.25) is 9.69 Å². The van der Waals surface area contributed by atoms with Crippen molar-refractivity contribution in [1.82, 2.24) is 4.90 Å². The molecule has 4 nitrogen and oxygen atoms in total. The molecule has 3 heterocycles. The summed E-state index contributed by atoms with van der Waals surface area (Å²) in [7, 11) is 0. The first-order valence-electron chi connectivity index (χ1n) is 8.21. The van der Waals surface area contributed by atoms with Crippen LogP contribution in [0.2, 0.25) is 0 Å². The molecule has 4 aliphatic rings. The highest BCUT2D eigenvalue weighted by atomic mass is 16.4. The predicted molar refractivity (Wildman–Crippen MR) is 83.9 cm³/mol. The van der Waals surface area contributed by atoms with Gasteiger partial charge in [-0.25, -0.2) is 0 Å². The van der Waals surface area contributed by atoms with E-state index in [0.717, 1.165) is 31.6 Å². The minimum absolute atomic E-state index is 0.0279. The topological polar surface area (TPSA) is 52.6 Å². The zero-order chi connectivity index (χ0) is 14.9. The Hall–Kier alpha value is -1.81. The molecule has 1 aromatic rings. The SMILES string of the molecule is O=C(O)C1CC2C=CCN3CCC4(c5ccccc5NC14)C23. The van der Waals surface area contributed by atoms with Gasteiger partial charge in [0.1, 0.15) is 0 Å². The van der Waals surface area contributed by atoms with Crippen molar-refractivity contribution in [3.05, 3.63) is 42.0 Å². The van der Waals surface area contributed by atoms with Gasteiger partial charge in [-0.15, -0.1) is 0 Å². The maximum absolute atomic E-state index is 11.9. The second-order valence-electron chi connectivity index (χ2n) is 7.17. The summed E-state index contributed by atoms with van der Waals surface area (Å²) < 4.78 is 0. The van der Waals surface area contributed by atoms with Gasteiger partial charge in [0, 0.05) is 23.7 Å². The van der Waals surface area contributed by atoms with Crippen molar-refractivity contribution >= 4 is 11.7 Å². The van der Waals surface area contributed by atoms with Gasteiger partial charge in [-0.1, -0.05) is 30.4 Å². The largest absolute Gasteiger partial charge is 0.481 e. The first-order valence-corrected chi connectivity index (χ1v) is 8.21. The molecule has 1 saturated carbocycles. The van der Waals surface area contributed by atoms with Crippen LogP contribution in [0.15, 0.2) is 36.4 Å². The van der Waals surface area contributed by atoms with Crippen LogP contribution in [0.4, 0.5) is 5.69 Å². The lowest BCUT2D eigenvalue weighted by Gasteiger charge is -2.51. The smallest absolute Gasteiger partial charge is 0.308 e. The maximum atomic E-state index is 11.9. The fourth-order valence-corrected chi connectivity index (χ4v) is 5.73. The Morgan fingerprint density at radius 2 is 2.23 bits per heavy atom. The monoisotopic (exact) mass is 296 g/mol. The zero-order valence-electron chi connectivity index (χ0n) is 12.4. The molecule has 1 spiro atoms. The average molecular weight is 296 g/mol. The van der Waals surface area contributed by atoms with E-state index in [1.54, 1.807) is 0 Å². The molecule has 2 fully saturated rings. The number of aliphatic carboxylic acids is 1. The first kappa shape index (κ1) is 12.7. The van der Waals surface area contributed by atoms with Gasteiger partial charge in [-0.05, 0) is 36.9 Å². The molecule has 0 radical (unpaired) electrons. The summed E-state index contributed by atoms with van der Waals surface area (Å²) >= 11 is 0. The van der Waals surface area contributed by atoms with Crippen LogP contribution in [0.5, 0.6) is 0 Å². The van der Waals surface area contributed by atoms with Crippen LogP contribution in [0, 0.1) is 11.8 Å². The number of nitrogens with zero attached hydrogens (tertiary/aromatic N) is 1. The molecule has 5 unspecified atom stereocenters. The van der Waals surface area contributed by atoms with Crippen molar-refractivity contribution in [3.63, 3.8) is 0 Å². The van der Waals surface area contributed by atoms with Gasteiger partial charge in [-0.2, -0.15) is 0 Å². The van der Waals surface area contributed by atoms with Crippen LogP contribution < -0.4 is 5.32 Å². The van der Waals surface area contributed by atoms with E-state index in [4.69, 9.17) is 0 Å². The molecule has 1 aromatic carbocycles. The highest BCUT2D eigenvalue weighted by Crippen LogP contribution is 2.59. The number of hydrogen-bond donors (Lipinski definition) is 2. The average Bonchev–Trinajstić information content (AvgIpc) is 3.08. The van der Waals surface area contributed by atoms with Crippen LogP contribution in [-0.2, 0) is 10.2 Å². The highest BCUT2D eigenvalue weighted by molar-refractivity contribution is 5.76. The van der Waals surface area contributed by atoms with E-state index in [9.17, 15) is 9.90 Å². The van der Waals surface area contributed by atoms with Gasteiger partial charge >= 0.3 is 5.97 Å². The number of anilines is 1. The lowest BCUT2D eigenvalue weighted by Crippen LogP contribution is -2.61. The highest BCUT2D eigenvalue weighted by Gasteiger charge is 2.65. The van der Waals surface area contributed by atoms with Gasteiger partial charge < -0.3 is 10.4 Å². The summed E-state index contributed by atoms with van der Waals surface area (Å²) in [5.41, 5.74) is 2.46. The molecular weight excluding hydrogens is 276 g/mol. The van der Waals surface area contributed by atoms with Crippen molar-refractivity contribution in [2.45, 2.75) is 30.3 Å². The fourth-order valence-electron chi connectivity index (χ4n) is 5.73. The number of carboxylic acids is 1. The van der Waals surface area contributed by atoms with Crippen LogP contribution in [-0.4, -0.2) is 41.1 Å². The number of benzene rings is 1. The normalized spacial score (nSPS) is 41.5. The third-order valence-electron chi connectivity index (χ3n) is 6.40. The molecule has 5 rings (SSSR count). The van der Waals surface area contributed by atoms with Crippen molar-refractivity contribution < 1.29 is 9.90 Å². The lowest BCUT2D eigenvalue weighted by atomic mass is 9.57. The Kier molecular flexibility index (Phi) is 2.39. The summed E-state index contributed by atoms with van der Waals surface area (Å²) in [5.74, 6) is -0.599. The summed E-state index contributed by atoms with van der Waals surface area (Å²) in [6.45, 7) is 2.08. The summed E-state index contributed by atoms with van der Waals surface area (Å²) in [6, 6.07) is 8.94. The van der Waals surface area contributed by atoms with Crippen molar-refractivity contribution in [2.24, 2.45) is 11.8 Å². The zero-order valence-corrected chi connectivity index (χ0v) is 12.4. The Bertz CT molecular complexity index is 685. The second kappa shape index (κ2) is 4.13. The Labute approximate surface area is 129 Å². The molecule has 22 heavy (non-hydrogen) atoms. The standard InChI is InChI=1S/C18H20N2O2/c21-17(22)12-10-11-4-3-8-20-9-7-18(16(11)20)13-5-1-2-6-14(13)19-15(12)18/h1-6,11-12,15-16,19H,7-10H2,(H,21,22). The molecule has 5 atom stereocenters. The second-order valence-corrected chi connectivity index (χ2v) is 7.17. The number of hydrogen-bond acceptors (Lipinski definition) is 3. The maximum Gasteiger partial charge on any atom is 0.308 e. The third kappa shape index (κ3) is 1.35. The van der Waals surface area contributed by atoms with Crippen LogP contribution >= 0.6 is 0 Å². The first-order chi connectivity index (χ1) is 10.7. The molecule has 0 bridgehead atoms. The van der Waals surface area contributed by atoms with E-state index in [0.29, 0.717) is 12.0 Å². The molecule has 3 aliphatic heterocycles. The van der Waals surface area contributed by atoms with Crippen LogP contribution in [0.3, 0.4) is 0 Å². The van der Waals surface area contributed by atoms with E-state index in [-0.39, 0.29) is 17.4 Å². The predicted octanol–water partition coefficient (Wildman–Crippen LogP) is 2.08. The number of nitrogens with one attached hydrogen (secondary N) is 1. The van der Waals surface area contributed by atoms with E-state index in [1.807, 2.05) is 6.07 Å². The van der Waals surface area contributed by atoms with Crippen LogP contribution in [0.1, 0.15) is 18.4 Å². The summed E-state index contributed by atoms with van der Waals surface area (Å²) in [4.78, 5) is 14.5. The van der Waals surface area contributed by atoms with Gasteiger partial charge in [0.15, 0.2) is 0 Å². The van der Waals surface area contributed by atoms with Crippen molar-refractivity contribution in [2.75, 3.05) is 18.4 Å². The van der Waals surface area contributed by atoms with E-state index in [1.165, 1.54) is 5.56 Å². The Morgan fingerprint density at radius 1 is 1.36 bits per heavy atom. The minimum atomic E-state index is -0.652. The third-order valence-corrected chi connectivity index (χ3v) is 6.40. The molecular formula is C18H20N2O2. The number of fused-ring (bicyclic) bond motifs is 1. The fraction of sp³-hybridized carbons (Fsp3) is 0.500. The van der Waals surface area contributed by atoms with E-state index < -0.39 is 5.97 Å². The van der Waals surface area contributed by atoms with Gasteiger partial charge in [0.05, 0.1) is 12.0 Å². The Morgan fingerprint density at radius 3 is 3.09 bits per heavy atom. The number of carbonyl (C=O) groups is 1. The Balaban J connectivity index is 1.74. The van der Waals surface area contributed by atoms with E-state index >= 15 is 0 Å². The lowest BCUT2D eigenvalue weighted by molar-refractivity contribution is -0.145. The number of carboxylic acid groups (broad SMARTS) is 1. The molecule has 1 aliphatic carbocycles. The molecule has 4 heteroatoms. The van der Waals surface area contributed by atoms with Gasteiger partial charge in [0.2, 0.25) is 0 Å². The summed E-state index contributed by atoms with van der Waals surface area (Å²) in [6.07, 6.45) is 6.32. The molecule has 0 amide bonds. The minimum Gasteiger partial charge on any atom is -0.481 e. The van der Waals surface area contributed by atoms with E-state index in [2.05, 4.69) is 40.6 Å². The number of rotatable bonds is 1. The van der Waals surface area contributed by atoms with Gasteiger partial charge in [0.25, 0.3) is 0 Å².